The zero-order chi connectivity index (χ0) is 14.4. The Morgan fingerprint density at radius 2 is 2.16 bits per heavy atom. The zero-order valence-corrected chi connectivity index (χ0v) is 12.3. The summed E-state index contributed by atoms with van der Waals surface area (Å²) in [5.41, 5.74) is 0.387. The number of aliphatic hydroxyl groups excluding tert-OH is 1. The van der Waals surface area contributed by atoms with Crippen LogP contribution >= 0.6 is 15.9 Å². The molecule has 0 aliphatic heterocycles. The number of halogens is 1. The number of esters is 2. The first-order valence-electron chi connectivity index (χ1n) is 5.79. The van der Waals surface area contributed by atoms with Crippen molar-refractivity contribution in [2.45, 2.75) is 26.5 Å². The second-order valence-corrected chi connectivity index (χ2v) is 4.69. The third kappa shape index (κ3) is 4.68. The van der Waals surface area contributed by atoms with Crippen molar-refractivity contribution < 1.29 is 24.2 Å². The molecule has 1 rings (SSSR count). The van der Waals surface area contributed by atoms with Crippen molar-refractivity contribution in [3.8, 4) is 0 Å². The lowest BCUT2D eigenvalue weighted by molar-refractivity contribution is -0.153. The average molecular weight is 334 g/mol. The fourth-order valence-corrected chi connectivity index (χ4v) is 2.03. The summed E-state index contributed by atoms with van der Waals surface area (Å²) in [6.07, 6.45) is 0.338. The maximum absolute atomic E-state index is 11.5. The van der Waals surface area contributed by atoms with Crippen LogP contribution in [0.5, 0.6) is 0 Å². The van der Waals surface area contributed by atoms with Crippen molar-refractivity contribution in [1.82, 2.24) is 4.57 Å². The summed E-state index contributed by atoms with van der Waals surface area (Å²) in [4.78, 5) is 22.2. The van der Waals surface area contributed by atoms with Gasteiger partial charge in [-0.1, -0.05) is 0 Å². The molecule has 106 valence electrons. The third-order valence-electron chi connectivity index (χ3n) is 2.32. The number of hydrogen-bond donors (Lipinski definition) is 1. The highest BCUT2D eigenvalue weighted by Gasteiger charge is 2.22. The van der Waals surface area contributed by atoms with Crippen molar-refractivity contribution in [2.24, 2.45) is 0 Å². The minimum atomic E-state index is -1.36. The molecule has 1 heterocycles. The van der Waals surface area contributed by atoms with E-state index < -0.39 is 12.1 Å². The molecule has 1 N–H and O–H groups in total. The first-order chi connectivity index (χ1) is 8.95. The molecular formula is C12H16BrNO5. The molecule has 0 amide bonds. The Hall–Kier alpha value is -1.34. The molecule has 1 aromatic rings. The van der Waals surface area contributed by atoms with E-state index in [-0.39, 0.29) is 19.2 Å². The molecule has 0 spiro atoms. The fraction of sp³-hybridized carbons (Fsp3) is 0.500. The van der Waals surface area contributed by atoms with Crippen LogP contribution in [0.1, 0.15) is 25.6 Å². The second-order valence-electron chi connectivity index (χ2n) is 3.77. The molecule has 1 atom stereocenters. The lowest BCUT2D eigenvalue weighted by Gasteiger charge is -2.13. The van der Waals surface area contributed by atoms with E-state index in [1.165, 1.54) is 6.92 Å². The van der Waals surface area contributed by atoms with Gasteiger partial charge in [-0.2, -0.15) is 0 Å². The summed E-state index contributed by atoms with van der Waals surface area (Å²) in [6.45, 7) is 3.70. The van der Waals surface area contributed by atoms with Gasteiger partial charge in [0.15, 0.2) is 6.10 Å². The van der Waals surface area contributed by atoms with Gasteiger partial charge in [0, 0.05) is 17.6 Å². The highest BCUT2D eigenvalue weighted by atomic mass is 79.9. The van der Waals surface area contributed by atoms with Crippen LogP contribution in [0.2, 0.25) is 0 Å². The summed E-state index contributed by atoms with van der Waals surface area (Å²) in [7, 11) is 0. The first kappa shape index (κ1) is 15.7. The van der Waals surface area contributed by atoms with Crippen LogP contribution in [0.25, 0.3) is 0 Å². The number of hydrogen-bond acceptors (Lipinski definition) is 5. The van der Waals surface area contributed by atoms with Gasteiger partial charge in [-0.3, -0.25) is 4.79 Å². The molecule has 0 saturated carbocycles. The summed E-state index contributed by atoms with van der Waals surface area (Å²) >= 11 is 3.27. The molecule has 0 aliphatic rings. The Morgan fingerprint density at radius 3 is 2.74 bits per heavy atom. The van der Waals surface area contributed by atoms with Crippen LogP contribution in [-0.4, -0.2) is 34.8 Å². The van der Waals surface area contributed by atoms with Crippen molar-refractivity contribution in [2.75, 3.05) is 13.2 Å². The molecular weight excluding hydrogens is 318 g/mol. The maximum Gasteiger partial charge on any atom is 0.341 e. The molecule has 1 aromatic heterocycles. The lowest BCUT2D eigenvalue weighted by atomic mass is 10.2. The number of carbonyl (C=O) groups excluding carboxylic acids is 2. The number of ether oxygens (including phenoxy) is 2. The van der Waals surface area contributed by atoms with Crippen LogP contribution < -0.4 is 0 Å². The summed E-state index contributed by atoms with van der Waals surface area (Å²) < 4.78 is 11.9. The highest BCUT2D eigenvalue weighted by Crippen LogP contribution is 2.22. The van der Waals surface area contributed by atoms with E-state index in [2.05, 4.69) is 15.9 Å². The molecule has 7 heteroatoms. The Morgan fingerprint density at radius 1 is 1.47 bits per heavy atom. The first-order valence-corrected chi connectivity index (χ1v) is 6.58. The van der Waals surface area contributed by atoms with E-state index in [0.717, 1.165) is 0 Å². The van der Waals surface area contributed by atoms with Gasteiger partial charge >= 0.3 is 11.9 Å². The molecule has 0 bridgehead atoms. The topological polar surface area (TPSA) is 77.8 Å². The largest absolute Gasteiger partial charge is 0.464 e. The van der Waals surface area contributed by atoms with Crippen LogP contribution in [0, 0.1) is 0 Å². The monoisotopic (exact) mass is 333 g/mol. The Bertz CT molecular complexity index is 457. The lowest BCUT2D eigenvalue weighted by Crippen LogP contribution is -2.20. The number of rotatable bonds is 6. The van der Waals surface area contributed by atoms with Gasteiger partial charge in [0.25, 0.3) is 0 Å². The molecule has 1 unspecified atom stereocenters. The van der Waals surface area contributed by atoms with Crippen LogP contribution in [-0.2, 0) is 25.6 Å². The SMILES string of the molecule is CCOC(=O)C(O)c1cc(Br)cn1CCOC(C)=O. The summed E-state index contributed by atoms with van der Waals surface area (Å²) in [5.74, 6) is -1.08. The number of carbonyl (C=O) groups is 2. The van der Waals surface area contributed by atoms with Gasteiger partial charge in [0.1, 0.15) is 6.61 Å². The number of aliphatic hydroxyl groups is 1. The minimum absolute atomic E-state index is 0.166. The van der Waals surface area contributed by atoms with E-state index in [9.17, 15) is 14.7 Å². The number of aromatic nitrogens is 1. The van der Waals surface area contributed by atoms with Gasteiger partial charge in [0.05, 0.1) is 18.8 Å². The van der Waals surface area contributed by atoms with E-state index in [1.54, 1.807) is 23.8 Å². The van der Waals surface area contributed by atoms with Gasteiger partial charge in [-0.25, -0.2) is 4.79 Å². The minimum Gasteiger partial charge on any atom is -0.464 e. The standard InChI is InChI=1S/C12H16BrNO5/c1-3-18-12(17)11(16)10-6-9(13)7-14(10)4-5-19-8(2)15/h6-7,11,16H,3-5H2,1-2H3. The van der Waals surface area contributed by atoms with Crippen molar-refractivity contribution >= 4 is 27.9 Å². The van der Waals surface area contributed by atoms with E-state index >= 15 is 0 Å². The third-order valence-corrected chi connectivity index (χ3v) is 2.76. The Labute approximate surface area is 119 Å². The van der Waals surface area contributed by atoms with Crippen LogP contribution in [0.4, 0.5) is 0 Å². The highest BCUT2D eigenvalue weighted by molar-refractivity contribution is 9.10. The maximum atomic E-state index is 11.5. The molecule has 0 aromatic carbocycles. The smallest absolute Gasteiger partial charge is 0.341 e. The summed E-state index contributed by atoms with van der Waals surface area (Å²) in [6, 6.07) is 1.62. The van der Waals surface area contributed by atoms with Crippen LogP contribution in [0.3, 0.4) is 0 Å². The predicted molar refractivity (Wildman–Crippen MR) is 70.4 cm³/mol. The van der Waals surface area contributed by atoms with Gasteiger partial charge in [-0.15, -0.1) is 0 Å². The average Bonchev–Trinajstić information content (AvgIpc) is 2.69. The van der Waals surface area contributed by atoms with Gasteiger partial charge in [-0.05, 0) is 28.9 Å². The van der Waals surface area contributed by atoms with E-state index in [0.29, 0.717) is 16.7 Å². The number of nitrogens with zero attached hydrogens (tertiary/aromatic N) is 1. The van der Waals surface area contributed by atoms with Gasteiger partial charge in [0.2, 0.25) is 0 Å². The molecule has 0 aliphatic carbocycles. The van der Waals surface area contributed by atoms with Crippen molar-refractivity contribution in [3.63, 3.8) is 0 Å². The molecule has 0 fully saturated rings. The normalized spacial score (nSPS) is 12.0. The fourth-order valence-electron chi connectivity index (χ4n) is 1.54. The molecule has 6 nitrogen and oxygen atoms in total. The van der Waals surface area contributed by atoms with Crippen molar-refractivity contribution in [3.05, 3.63) is 22.4 Å². The van der Waals surface area contributed by atoms with Crippen LogP contribution in [0.15, 0.2) is 16.7 Å². The molecule has 19 heavy (non-hydrogen) atoms. The zero-order valence-electron chi connectivity index (χ0n) is 10.8. The van der Waals surface area contributed by atoms with Crippen molar-refractivity contribution in [1.29, 1.82) is 0 Å². The predicted octanol–water partition coefficient (Wildman–Crippen LogP) is 1.41. The van der Waals surface area contributed by atoms with E-state index in [4.69, 9.17) is 9.47 Å². The molecule has 0 saturated heterocycles. The quantitative estimate of drug-likeness (QED) is 0.796. The Balaban J connectivity index is 2.77. The molecule has 0 radical (unpaired) electrons. The Kier molecular flexibility index (Phi) is 6.04. The van der Waals surface area contributed by atoms with Gasteiger partial charge < -0.3 is 19.1 Å². The van der Waals surface area contributed by atoms with E-state index in [1.807, 2.05) is 0 Å². The second kappa shape index (κ2) is 7.30. The summed E-state index contributed by atoms with van der Waals surface area (Å²) in [5, 5.41) is 9.90.